The Morgan fingerprint density at radius 1 is 1.38 bits per heavy atom. The van der Waals surface area contributed by atoms with E-state index in [0.717, 1.165) is 10.4 Å². The molecule has 3 nitrogen and oxygen atoms in total. The van der Waals surface area contributed by atoms with Gasteiger partial charge in [0.05, 0.1) is 11.6 Å². The van der Waals surface area contributed by atoms with E-state index in [0.29, 0.717) is 6.42 Å². The van der Waals surface area contributed by atoms with Crippen molar-refractivity contribution in [3.63, 3.8) is 0 Å². The molecule has 0 aliphatic carbocycles. The molecular formula is C12H12N2OS. The first-order valence-corrected chi connectivity index (χ1v) is 5.86. The molecule has 1 aromatic heterocycles. The molecule has 0 amide bonds. The van der Waals surface area contributed by atoms with Crippen molar-refractivity contribution in [3.8, 4) is 0 Å². The highest BCUT2D eigenvalue weighted by Crippen LogP contribution is 2.15. The quantitative estimate of drug-likeness (QED) is 0.876. The van der Waals surface area contributed by atoms with Crippen molar-refractivity contribution < 1.29 is 4.79 Å². The highest BCUT2D eigenvalue weighted by atomic mass is 32.1. The topological polar surface area (TPSA) is 56.0 Å². The summed E-state index contributed by atoms with van der Waals surface area (Å²) in [6.07, 6.45) is 2.07. The van der Waals surface area contributed by atoms with Gasteiger partial charge >= 0.3 is 0 Å². The van der Waals surface area contributed by atoms with Gasteiger partial charge in [0.2, 0.25) is 0 Å². The second-order valence-corrected chi connectivity index (χ2v) is 4.47. The Kier molecular flexibility index (Phi) is 3.44. The van der Waals surface area contributed by atoms with E-state index in [9.17, 15) is 4.79 Å². The summed E-state index contributed by atoms with van der Waals surface area (Å²) >= 11 is 1.48. The van der Waals surface area contributed by atoms with Gasteiger partial charge in [-0.05, 0) is 5.56 Å². The summed E-state index contributed by atoms with van der Waals surface area (Å²) in [4.78, 5) is 16.8. The van der Waals surface area contributed by atoms with E-state index in [1.54, 1.807) is 11.7 Å². The number of thiazole rings is 1. The average Bonchev–Trinajstić information content (AvgIpc) is 2.82. The number of rotatable bonds is 4. The highest BCUT2D eigenvalue weighted by Gasteiger charge is 2.16. The molecule has 0 radical (unpaired) electrons. The first-order valence-electron chi connectivity index (χ1n) is 4.98. The fraction of sp³-hybridized carbons (Fsp3) is 0.167. The Labute approximate surface area is 97.9 Å². The molecule has 0 unspecified atom stereocenters. The zero-order chi connectivity index (χ0) is 11.4. The number of carbonyl (C=O) groups is 1. The van der Waals surface area contributed by atoms with Crippen LogP contribution in [0.15, 0.2) is 42.0 Å². The summed E-state index contributed by atoms with van der Waals surface area (Å²) in [5, 5.41) is 0. The predicted octanol–water partition coefficient (Wildman–Crippen LogP) is 1.95. The van der Waals surface area contributed by atoms with Gasteiger partial charge < -0.3 is 5.73 Å². The molecular weight excluding hydrogens is 220 g/mol. The highest BCUT2D eigenvalue weighted by molar-refractivity contribution is 7.09. The number of hydrogen-bond donors (Lipinski definition) is 1. The van der Waals surface area contributed by atoms with Gasteiger partial charge in [0.25, 0.3) is 0 Å². The number of hydrogen-bond acceptors (Lipinski definition) is 4. The predicted molar refractivity (Wildman–Crippen MR) is 64.2 cm³/mol. The maximum atomic E-state index is 11.9. The molecule has 1 atom stereocenters. The van der Waals surface area contributed by atoms with Gasteiger partial charge in [-0.1, -0.05) is 30.3 Å². The van der Waals surface area contributed by atoms with Crippen molar-refractivity contribution in [1.82, 2.24) is 4.98 Å². The van der Waals surface area contributed by atoms with Crippen molar-refractivity contribution in [2.24, 2.45) is 5.73 Å². The van der Waals surface area contributed by atoms with Gasteiger partial charge in [0.15, 0.2) is 5.78 Å². The monoisotopic (exact) mass is 232 g/mol. The van der Waals surface area contributed by atoms with Crippen LogP contribution in [0.2, 0.25) is 0 Å². The Balaban J connectivity index is 2.05. The molecule has 2 aromatic rings. The molecule has 0 bridgehead atoms. The smallest absolute Gasteiger partial charge is 0.159 e. The number of ketones is 1. The maximum absolute atomic E-state index is 11.9. The molecule has 2 rings (SSSR count). The summed E-state index contributed by atoms with van der Waals surface area (Å²) < 4.78 is 0. The van der Waals surface area contributed by atoms with Crippen LogP contribution in [0.1, 0.15) is 16.5 Å². The lowest BCUT2D eigenvalue weighted by molar-refractivity contribution is -0.119. The molecule has 4 heteroatoms. The Hall–Kier alpha value is -1.52. The molecule has 0 fully saturated rings. The van der Waals surface area contributed by atoms with Gasteiger partial charge in [-0.3, -0.25) is 9.78 Å². The van der Waals surface area contributed by atoms with E-state index >= 15 is 0 Å². The van der Waals surface area contributed by atoms with Crippen LogP contribution < -0.4 is 5.73 Å². The lowest BCUT2D eigenvalue weighted by Crippen LogP contribution is -2.22. The van der Waals surface area contributed by atoms with Crippen molar-refractivity contribution in [2.75, 3.05) is 0 Å². The van der Waals surface area contributed by atoms with Crippen LogP contribution in [0.25, 0.3) is 0 Å². The van der Waals surface area contributed by atoms with E-state index in [-0.39, 0.29) is 5.78 Å². The van der Waals surface area contributed by atoms with Crippen molar-refractivity contribution >= 4 is 17.1 Å². The van der Waals surface area contributed by atoms with E-state index < -0.39 is 6.04 Å². The van der Waals surface area contributed by atoms with Crippen molar-refractivity contribution in [1.29, 1.82) is 0 Å². The molecule has 0 saturated heterocycles. The maximum Gasteiger partial charge on any atom is 0.159 e. The molecule has 0 spiro atoms. The molecule has 1 aromatic carbocycles. The van der Waals surface area contributed by atoms with Crippen LogP contribution in [-0.4, -0.2) is 10.8 Å². The molecule has 0 aliphatic rings. The minimum absolute atomic E-state index is 0.0236. The number of nitrogens with zero attached hydrogens (tertiary/aromatic N) is 1. The van der Waals surface area contributed by atoms with Gasteiger partial charge in [-0.2, -0.15) is 0 Å². The van der Waals surface area contributed by atoms with Gasteiger partial charge in [-0.15, -0.1) is 11.3 Å². The van der Waals surface area contributed by atoms with Crippen LogP contribution in [0.3, 0.4) is 0 Å². The van der Waals surface area contributed by atoms with Crippen LogP contribution in [0, 0.1) is 0 Å². The standard InChI is InChI=1S/C12H12N2OS/c13-12(9-4-2-1-3-5-9)11(15)6-10-7-14-8-16-10/h1-5,7-8,12H,6,13H2/t12-/m1/s1. The second kappa shape index (κ2) is 5.01. The molecule has 2 N–H and O–H groups in total. The number of aromatic nitrogens is 1. The van der Waals surface area contributed by atoms with Crippen LogP contribution in [0.5, 0.6) is 0 Å². The zero-order valence-corrected chi connectivity index (χ0v) is 9.48. The van der Waals surface area contributed by atoms with E-state index in [4.69, 9.17) is 5.73 Å². The number of nitrogens with two attached hydrogens (primary N) is 1. The second-order valence-electron chi connectivity index (χ2n) is 3.50. The molecule has 1 heterocycles. The van der Waals surface area contributed by atoms with E-state index in [1.165, 1.54) is 11.3 Å². The lowest BCUT2D eigenvalue weighted by atomic mass is 10.0. The van der Waals surface area contributed by atoms with Gasteiger partial charge in [0, 0.05) is 17.5 Å². The first kappa shape index (κ1) is 11.0. The summed E-state index contributed by atoms with van der Waals surface area (Å²) in [5.41, 5.74) is 8.47. The third kappa shape index (κ3) is 2.53. The largest absolute Gasteiger partial charge is 0.318 e. The fourth-order valence-corrected chi connectivity index (χ4v) is 2.06. The van der Waals surface area contributed by atoms with Crippen LogP contribution in [-0.2, 0) is 11.2 Å². The molecule has 82 valence electrons. The van der Waals surface area contributed by atoms with Gasteiger partial charge in [-0.25, -0.2) is 0 Å². The molecule has 0 saturated carbocycles. The Morgan fingerprint density at radius 3 is 2.75 bits per heavy atom. The summed E-state index contributed by atoms with van der Waals surface area (Å²) in [6.45, 7) is 0. The van der Waals surface area contributed by atoms with E-state index in [1.807, 2.05) is 30.3 Å². The van der Waals surface area contributed by atoms with Crippen molar-refractivity contribution in [2.45, 2.75) is 12.5 Å². The fourth-order valence-electron chi connectivity index (χ4n) is 1.46. The number of Topliss-reactive ketones (excluding diaryl/α,β-unsaturated/α-hetero) is 1. The summed E-state index contributed by atoms with van der Waals surface area (Å²) in [6, 6.07) is 8.88. The van der Waals surface area contributed by atoms with Gasteiger partial charge in [0.1, 0.15) is 0 Å². The minimum Gasteiger partial charge on any atom is -0.318 e. The number of carbonyl (C=O) groups excluding carboxylic acids is 1. The Bertz CT molecular complexity index is 453. The third-order valence-corrected chi connectivity index (χ3v) is 3.12. The SMILES string of the molecule is N[C@@H](C(=O)Cc1cncs1)c1ccccc1. The molecule has 0 aliphatic heterocycles. The van der Waals surface area contributed by atoms with Crippen LogP contribution >= 0.6 is 11.3 Å². The zero-order valence-electron chi connectivity index (χ0n) is 8.67. The molecule has 16 heavy (non-hydrogen) atoms. The number of benzene rings is 1. The first-order chi connectivity index (χ1) is 7.77. The summed E-state index contributed by atoms with van der Waals surface area (Å²) in [7, 11) is 0. The van der Waals surface area contributed by atoms with E-state index in [2.05, 4.69) is 4.98 Å². The Morgan fingerprint density at radius 2 is 2.12 bits per heavy atom. The lowest BCUT2D eigenvalue weighted by Gasteiger charge is -2.09. The average molecular weight is 232 g/mol. The normalized spacial score (nSPS) is 12.3. The van der Waals surface area contributed by atoms with Crippen LogP contribution in [0.4, 0.5) is 0 Å². The minimum atomic E-state index is -0.539. The van der Waals surface area contributed by atoms with Crippen molar-refractivity contribution in [3.05, 3.63) is 52.5 Å². The third-order valence-electron chi connectivity index (χ3n) is 2.34. The summed E-state index contributed by atoms with van der Waals surface area (Å²) in [5.74, 6) is 0.0236.